The number of rotatable bonds is 6. The lowest BCUT2D eigenvalue weighted by atomic mass is 10.1. The van der Waals surface area contributed by atoms with E-state index in [1.54, 1.807) is 13.2 Å². The third-order valence-corrected chi connectivity index (χ3v) is 4.08. The molecule has 0 saturated carbocycles. The molecule has 0 bridgehead atoms. The van der Waals surface area contributed by atoms with Gasteiger partial charge in [0.2, 0.25) is 0 Å². The number of nitrogens with one attached hydrogen (secondary N) is 3. The molecule has 1 saturated heterocycles. The Balaban J connectivity index is 1.59. The van der Waals surface area contributed by atoms with Gasteiger partial charge in [-0.1, -0.05) is 12.1 Å². The van der Waals surface area contributed by atoms with Crippen LogP contribution in [-0.2, 0) is 17.8 Å². The van der Waals surface area contributed by atoms with E-state index in [0.29, 0.717) is 19.7 Å². The van der Waals surface area contributed by atoms with Gasteiger partial charge in [-0.05, 0) is 24.6 Å². The summed E-state index contributed by atoms with van der Waals surface area (Å²) in [5, 5.41) is 13.4. The molecule has 1 aromatic heterocycles. The molecule has 0 amide bonds. The van der Waals surface area contributed by atoms with Crippen molar-refractivity contribution in [3.63, 3.8) is 0 Å². The van der Waals surface area contributed by atoms with Crippen LogP contribution in [0.15, 0.2) is 35.5 Å². The maximum Gasteiger partial charge on any atom is 0.191 e. The van der Waals surface area contributed by atoms with Gasteiger partial charge in [0.25, 0.3) is 0 Å². The number of aromatic amines is 1. The molecule has 1 fully saturated rings. The fraction of sp³-hybridized carbons (Fsp3) is 0.444. The van der Waals surface area contributed by atoms with Crippen LogP contribution >= 0.6 is 0 Å². The number of benzene rings is 1. The smallest absolute Gasteiger partial charge is 0.191 e. The summed E-state index contributed by atoms with van der Waals surface area (Å²) in [7, 11) is 1.75. The normalized spacial score (nSPS) is 17.5. The summed E-state index contributed by atoms with van der Waals surface area (Å²) < 4.78 is 11.5. The van der Waals surface area contributed by atoms with E-state index in [0.717, 1.165) is 36.0 Å². The molecule has 2 aromatic rings. The lowest BCUT2D eigenvalue weighted by molar-refractivity contribution is 0.140. The molecule has 1 unspecified atom stereocenters. The van der Waals surface area contributed by atoms with Gasteiger partial charge in [0.1, 0.15) is 11.9 Å². The molecular weight excluding hydrogens is 318 g/mol. The van der Waals surface area contributed by atoms with E-state index in [4.69, 9.17) is 9.47 Å². The van der Waals surface area contributed by atoms with Gasteiger partial charge in [0.15, 0.2) is 5.96 Å². The second-order valence-electron chi connectivity index (χ2n) is 6.08. The Labute approximate surface area is 147 Å². The first-order valence-electron chi connectivity index (χ1n) is 8.51. The summed E-state index contributed by atoms with van der Waals surface area (Å²) in [4.78, 5) is 4.25. The Kier molecular flexibility index (Phi) is 5.90. The van der Waals surface area contributed by atoms with Gasteiger partial charge in [-0.25, -0.2) is 0 Å². The molecule has 0 radical (unpaired) electrons. The number of hydrogen-bond acceptors (Lipinski definition) is 4. The highest BCUT2D eigenvalue weighted by molar-refractivity contribution is 5.79. The van der Waals surface area contributed by atoms with Crippen molar-refractivity contribution in [3.05, 3.63) is 47.3 Å². The maximum absolute atomic E-state index is 6.13. The number of nitrogens with zero attached hydrogens (tertiary/aromatic N) is 2. The minimum atomic E-state index is 0.137. The first kappa shape index (κ1) is 17.3. The fourth-order valence-corrected chi connectivity index (χ4v) is 2.66. The summed E-state index contributed by atoms with van der Waals surface area (Å²) >= 11 is 0. The third-order valence-electron chi connectivity index (χ3n) is 4.08. The van der Waals surface area contributed by atoms with Crippen molar-refractivity contribution in [2.75, 3.05) is 20.3 Å². The van der Waals surface area contributed by atoms with E-state index in [1.807, 2.05) is 6.07 Å². The number of aromatic nitrogens is 2. The lowest BCUT2D eigenvalue weighted by Crippen LogP contribution is -2.36. The molecule has 7 nitrogen and oxygen atoms in total. The van der Waals surface area contributed by atoms with Crippen molar-refractivity contribution in [2.24, 2.45) is 4.99 Å². The molecule has 0 spiro atoms. The van der Waals surface area contributed by atoms with Gasteiger partial charge >= 0.3 is 0 Å². The van der Waals surface area contributed by atoms with Crippen LogP contribution < -0.4 is 15.4 Å². The van der Waals surface area contributed by atoms with Crippen LogP contribution in [0, 0.1) is 6.92 Å². The van der Waals surface area contributed by atoms with E-state index in [1.165, 1.54) is 5.56 Å². The van der Waals surface area contributed by atoms with Gasteiger partial charge in [-0.15, -0.1) is 0 Å². The molecule has 25 heavy (non-hydrogen) atoms. The number of ether oxygens (including phenoxy) is 2. The number of H-pyrrole nitrogens is 1. The number of hydrogen-bond donors (Lipinski definition) is 3. The van der Waals surface area contributed by atoms with Crippen LogP contribution in [0.2, 0.25) is 0 Å². The zero-order chi connectivity index (χ0) is 17.5. The second kappa shape index (κ2) is 8.53. The summed E-state index contributed by atoms with van der Waals surface area (Å²) in [6.45, 7) is 4.77. The van der Waals surface area contributed by atoms with Crippen LogP contribution in [0.5, 0.6) is 5.75 Å². The minimum absolute atomic E-state index is 0.137. The molecule has 3 rings (SSSR count). The minimum Gasteiger partial charge on any atom is -0.488 e. The first-order valence-corrected chi connectivity index (χ1v) is 8.51. The quantitative estimate of drug-likeness (QED) is 0.550. The van der Waals surface area contributed by atoms with Crippen molar-refractivity contribution >= 4 is 5.96 Å². The molecule has 0 aliphatic carbocycles. The maximum atomic E-state index is 6.13. The summed E-state index contributed by atoms with van der Waals surface area (Å²) in [5.41, 5.74) is 3.28. The SMILES string of the molecule is CN=C(NCc1ccn[nH]1)NCc1ccc(C)cc1OC1CCOC1. The van der Waals surface area contributed by atoms with Crippen LogP contribution in [0.3, 0.4) is 0 Å². The van der Waals surface area contributed by atoms with Crippen molar-refractivity contribution < 1.29 is 9.47 Å². The molecular formula is C18H25N5O2. The molecule has 1 atom stereocenters. The van der Waals surface area contributed by atoms with E-state index >= 15 is 0 Å². The van der Waals surface area contributed by atoms with Crippen LogP contribution in [0.25, 0.3) is 0 Å². The monoisotopic (exact) mass is 343 g/mol. The Morgan fingerprint density at radius 3 is 2.96 bits per heavy atom. The van der Waals surface area contributed by atoms with E-state index in [-0.39, 0.29) is 6.10 Å². The van der Waals surface area contributed by atoms with E-state index < -0.39 is 0 Å². The first-order chi connectivity index (χ1) is 12.2. The van der Waals surface area contributed by atoms with Gasteiger partial charge in [0, 0.05) is 31.8 Å². The fourth-order valence-electron chi connectivity index (χ4n) is 2.66. The molecule has 7 heteroatoms. The molecule has 1 aliphatic heterocycles. The van der Waals surface area contributed by atoms with Crippen molar-refractivity contribution in [1.82, 2.24) is 20.8 Å². The highest BCUT2D eigenvalue weighted by Crippen LogP contribution is 2.23. The molecule has 134 valence electrons. The predicted octanol–water partition coefficient (Wildman–Crippen LogP) is 1.75. The predicted molar refractivity (Wildman–Crippen MR) is 96.7 cm³/mol. The average Bonchev–Trinajstić information content (AvgIpc) is 3.30. The molecule has 2 heterocycles. The number of aryl methyl sites for hydroxylation is 1. The zero-order valence-electron chi connectivity index (χ0n) is 14.7. The Morgan fingerprint density at radius 2 is 2.24 bits per heavy atom. The standard InChI is InChI=1S/C18H25N5O2/c1-13-3-4-14(17(9-13)25-16-6-8-24-12-16)10-20-18(19-2)21-11-15-5-7-22-23-15/h3-5,7,9,16H,6,8,10-12H2,1-2H3,(H,22,23)(H2,19,20,21). The average molecular weight is 343 g/mol. The number of guanidine groups is 1. The number of aliphatic imine (C=N–C) groups is 1. The largest absolute Gasteiger partial charge is 0.488 e. The topological polar surface area (TPSA) is 83.6 Å². The van der Waals surface area contributed by atoms with Crippen LogP contribution in [-0.4, -0.2) is 42.5 Å². The summed E-state index contributed by atoms with van der Waals surface area (Å²) in [6, 6.07) is 8.19. The summed E-state index contributed by atoms with van der Waals surface area (Å²) in [5.74, 6) is 1.64. The third kappa shape index (κ3) is 4.96. The van der Waals surface area contributed by atoms with Crippen molar-refractivity contribution in [1.29, 1.82) is 0 Å². The highest BCUT2D eigenvalue weighted by Gasteiger charge is 2.18. The Morgan fingerprint density at radius 1 is 1.36 bits per heavy atom. The van der Waals surface area contributed by atoms with Crippen molar-refractivity contribution in [3.8, 4) is 5.75 Å². The van der Waals surface area contributed by atoms with Crippen LogP contribution in [0.4, 0.5) is 0 Å². The zero-order valence-corrected chi connectivity index (χ0v) is 14.7. The Hall–Kier alpha value is -2.54. The summed E-state index contributed by atoms with van der Waals surface area (Å²) in [6.07, 6.45) is 2.81. The van der Waals surface area contributed by atoms with E-state index in [2.05, 4.69) is 50.9 Å². The molecule has 1 aromatic carbocycles. The van der Waals surface area contributed by atoms with E-state index in [9.17, 15) is 0 Å². The molecule has 1 aliphatic rings. The van der Waals surface area contributed by atoms with Gasteiger partial charge < -0.3 is 20.1 Å². The Bertz CT molecular complexity index is 693. The lowest BCUT2D eigenvalue weighted by Gasteiger charge is -2.18. The van der Waals surface area contributed by atoms with Gasteiger partial charge in [0.05, 0.1) is 25.5 Å². The van der Waals surface area contributed by atoms with Gasteiger partial charge in [-0.3, -0.25) is 10.1 Å². The van der Waals surface area contributed by atoms with Crippen LogP contribution in [0.1, 0.15) is 23.2 Å². The molecule has 3 N–H and O–H groups in total. The van der Waals surface area contributed by atoms with Gasteiger partial charge in [-0.2, -0.15) is 5.10 Å². The highest BCUT2D eigenvalue weighted by atomic mass is 16.5. The van der Waals surface area contributed by atoms with Crippen molar-refractivity contribution in [2.45, 2.75) is 32.5 Å². The second-order valence-corrected chi connectivity index (χ2v) is 6.08.